The number of nitrogens with one attached hydrogen (secondary N) is 1. The Morgan fingerprint density at radius 1 is 1.30 bits per heavy atom. The van der Waals surface area contributed by atoms with Crippen molar-refractivity contribution < 1.29 is 50.8 Å². The van der Waals surface area contributed by atoms with Crippen molar-refractivity contribution in [2.45, 2.75) is 30.1 Å². The van der Waals surface area contributed by atoms with E-state index < -0.39 is 27.1 Å². The molecule has 0 aromatic heterocycles. The smallest absolute Gasteiger partial charge is 1.00 e. The van der Waals surface area contributed by atoms with Crippen molar-refractivity contribution in [3.8, 4) is 0 Å². The summed E-state index contributed by atoms with van der Waals surface area (Å²) in [4.78, 5) is 11.7. The van der Waals surface area contributed by atoms with Crippen LogP contribution >= 0.6 is 0 Å². The van der Waals surface area contributed by atoms with Gasteiger partial charge in [0.15, 0.2) is 0 Å². The molecular formula is C14H20Cl2NOSiZr. The second kappa shape index (κ2) is 9.19. The number of hydrogen-bond acceptors (Lipinski definition) is 1. The normalized spacial score (nSPS) is 15.1. The number of benzene rings is 1. The van der Waals surface area contributed by atoms with Crippen LogP contribution in [-0.4, -0.2) is 11.8 Å². The molecule has 1 aromatic rings. The third-order valence-electron chi connectivity index (χ3n) is 3.36. The van der Waals surface area contributed by atoms with E-state index in [0.717, 1.165) is 0 Å². The van der Waals surface area contributed by atoms with Crippen molar-refractivity contribution >= 4 is 17.9 Å². The molecule has 0 heterocycles. The quantitative estimate of drug-likeness (QED) is 0.523. The standard InChI is InChI=1S/C9H7.C3H7NO.C2H7Si.2ClH.Zr/c1-2-5-9-7-3-6-8(9)4-1;1-2-3(4)5;1-3-2;;;/h1-7H;2H2,1H3,(H2,4,5);3H,1-2H3;2*1H;/q;;;;;+3/p-3. The molecule has 20 heavy (non-hydrogen) atoms. The Labute approximate surface area is 142 Å². The van der Waals surface area contributed by atoms with Gasteiger partial charge in [-0.15, -0.1) is 0 Å². The van der Waals surface area contributed by atoms with E-state index in [4.69, 9.17) is 0 Å². The molecular weight excluding hydrogens is 388 g/mol. The van der Waals surface area contributed by atoms with Gasteiger partial charge < -0.3 is 24.8 Å². The monoisotopic (exact) mass is 406 g/mol. The number of allylic oxidation sites excluding steroid dienone is 1. The van der Waals surface area contributed by atoms with Crippen molar-refractivity contribution in [2.75, 3.05) is 0 Å². The summed E-state index contributed by atoms with van der Waals surface area (Å²) in [6.07, 6.45) is 5.18. The van der Waals surface area contributed by atoms with E-state index in [1.165, 1.54) is 11.1 Å². The third kappa shape index (κ3) is 4.56. The van der Waals surface area contributed by atoms with Crippen molar-refractivity contribution in [3.63, 3.8) is 0 Å². The average Bonchev–Trinajstić information content (AvgIpc) is 2.79. The summed E-state index contributed by atoms with van der Waals surface area (Å²) in [5.41, 5.74) is 2.80. The zero-order valence-electron chi connectivity index (χ0n) is 12.0. The van der Waals surface area contributed by atoms with Gasteiger partial charge >= 0.3 is 119 Å². The molecule has 1 amide bonds. The van der Waals surface area contributed by atoms with Crippen molar-refractivity contribution in [1.29, 1.82) is 0 Å². The summed E-state index contributed by atoms with van der Waals surface area (Å²) >= 11 is -1.86. The maximum Gasteiger partial charge on any atom is -1.00 e. The van der Waals surface area contributed by atoms with E-state index in [1.807, 2.05) is 6.92 Å². The van der Waals surface area contributed by atoms with Crippen LogP contribution in [0, 0.1) is 0 Å². The Morgan fingerprint density at radius 3 is 2.55 bits per heavy atom. The number of rotatable bonds is 4. The summed E-state index contributed by atoms with van der Waals surface area (Å²) in [6.45, 7) is 6.72. The first-order valence-corrected chi connectivity index (χ1v) is 16.4. The second-order valence-corrected chi connectivity index (χ2v) is 23.9. The Balaban J connectivity index is 0.00000180. The van der Waals surface area contributed by atoms with Crippen LogP contribution in [0.2, 0.25) is 13.1 Å². The SMILES string of the molecule is CCC(=O)[NH][Zr+2]([CH]1C=Cc2ccccc21)[SiH](C)C.[Cl-].[Cl-]. The number of carbonyl (C=O) groups is 1. The number of halogens is 2. The van der Waals surface area contributed by atoms with Gasteiger partial charge in [0.05, 0.1) is 0 Å². The molecule has 0 spiro atoms. The maximum atomic E-state index is 11.7. The molecule has 1 aliphatic rings. The fourth-order valence-electron chi connectivity index (χ4n) is 2.35. The molecule has 0 saturated carbocycles. The van der Waals surface area contributed by atoms with E-state index >= 15 is 0 Å². The average molecular weight is 409 g/mol. The van der Waals surface area contributed by atoms with E-state index in [2.05, 4.69) is 52.8 Å². The predicted octanol–water partition coefficient (Wildman–Crippen LogP) is -3.19. The van der Waals surface area contributed by atoms with E-state index in [-0.39, 0.29) is 30.7 Å². The fraction of sp³-hybridized carbons (Fsp3) is 0.357. The zero-order chi connectivity index (χ0) is 13.1. The molecule has 2 rings (SSSR count). The van der Waals surface area contributed by atoms with Crippen molar-refractivity contribution in [1.82, 2.24) is 3.26 Å². The van der Waals surface area contributed by atoms with Gasteiger partial charge in [-0.1, -0.05) is 0 Å². The van der Waals surface area contributed by atoms with Gasteiger partial charge in [0.1, 0.15) is 0 Å². The largest absolute Gasteiger partial charge is 1.00 e. The van der Waals surface area contributed by atoms with Crippen LogP contribution in [0.15, 0.2) is 30.3 Å². The molecule has 1 N–H and O–H groups in total. The van der Waals surface area contributed by atoms with Gasteiger partial charge in [-0.25, -0.2) is 0 Å². The molecule has 6 heteroatoms. The maximum absolute atomic E-state index is 11.7. The first-order chi connectivity index (χ1) is 8.63. The molecule has 0 bridgehead atoms. The minimum absolute atomic E-state index is 0. The van der Waals surface area contributed by atoms with Crippen LogP contribution in [0.3, 0.4) is 0 Å². The van der Waals surface area contributed by atoms with Gasteiger partial charge in [-0.3, -0.25) is 0 Å². The topological polar surface area (TPSA) is 29.1 Å². The van der Waals surface area contributed by atoms with Crippen LogP contribution in [0.5, 0.6) is 0 Å². The summed E-state index contributed by atoms with van der Waals surface area (Å²) in [6, 6.07) is 8.61. The third-order valence-corrected chi connectivity index (χ3v) is 21.0. The van der Waals surface area contributed by atoms with Crippen molar-refractivity contribution in [3.05, 3.63) is 41.5 Å². The summed E-state index contributed by atoms with van der Waals surface area (Å²) in [5.74, 6) is -0.501. The molecule has 0 radical (unpaired) electrons. The fourth-order valence-corrected chi connectivity index (χ4v) is 17.3. The van der Waals surface area contributed by atoms with E-state index in [9.17, 15) is 4.79 Å². The van der Waals surface area contributed by atoms with E-state index in [1.54, 1.807) is 0 Å². The Hall–Kier alpha value is 0.110. The first-order valence-electron chi connectivity index (χ1n) is 6.57. The summed E-state index contributed by atoms with van der Waals surface area (Å²) < 4.78 is 3.98. The number of amides is 1. The molecule has 1 atom stereocenters. The molecule has 0 fully saturated rings. The molecule has 1 aliphatic carbocycles. The van der Waals surface area contributed by atoms with Crippen LogP contribution in [-0.2, 0) is 26.0 Å². The van der Waals surface area contributed by atoms with Gasteiger partial charge in [0.25, 0.3) is 0 Å². The minimum atomic E-state index is -1.86. The summed E-state index contributed by atoms with van der Waals surface area (Å²) in [5, 5.41) is 0. The van der Waals surface area contributed by atoms with Gasteiger partial charge in [-0.05, 0) is 0 Å². The zero-order valence-corrected chi connectivity index (χ0v) is 17.1. The Bertz CT molecular complexity index is 482. The molecule has 0 saturated heterocycles. The predicted molar refractivity (Wildman–Crippen MR) is 75.5 cm³/mol. The number of hydrogen-bond donors (Lipinski definition) is 1. The van der Waals surface area contributed by atoms with E-state index in [0.29, 0.717) is 10.0 Å². The molecule has 1 unspecified atom stereocenters. The molecule has 2 nitrogen and oxygen atoms in total. The van der Waals surface area contributed by atoms with Gasteiger partial charge in [-0.2, -0.15) is 0 Å². The van der Waals surface area contributed by atoms with Crippen LogP contribution in [0.1, 0.15) is 28.1 Å². The van der Waals surface area contributed by atoms with Gasteiger partial charge in [0.2, 0.25) is 0 Å². The summed E-state index contributed by atoms with van der Waals surface area (Å²) in [7, 11) is 0. The van der Waals surface area contributed by atoms with Crippen LogP contribution in [0.25, 0.3) is 6.08 Å². The number of fused-ring (bicyclic) bond motifs is 1. The second-order valence-electron chi connectivity index (χ2n) is 4.98. The Morgan fingerprint density at radius 2 is 1.95 bits per heavy atom. The molecule has 1 aromatic carbocycles. The molecule has 0 aliphatic heterocycles. The van der Waals surface area contributed by atoms with Crippen LogP contribution < -0.4 is 28.1 Å². The van der Waals surface area contributed by atoms with Gasteiger partial charge in [0, 0.05) is 0 Å². The number of carbonyl (C=O) groups excluding carboxylic acids is 1. The first kappa shape index (κ1) is 20.1. The van der Waals surface area contributed by atoms with Crippen molar-refractivity contribution in [2.24, 2.45) is 0 Å². The molecule has 109 valence electrons. The minimum Gasteiger partial charge on any atom is -1.00 e. The Kier molecular flexibility index (Phi) is 9.24. The van der Waals surface area contributed by atoms with Crippen LogP contribution in [0.4, 0.5) is 0 Å².